The van der Waals surface area contributed by atoms with Gasteiger partial charge >= 0.3 is 11.9 Å². The van der Waals surface area contributed by atoms with Gasteiger partial charge < -0.3 is 15.9 Å². The first-order chi connectivity index (χ1) is 6.04. The van der Waals surface area contributed by atoms with E-state index < -0.39 is 11.9 Å². The number of nitriles is 1. The maximum atomic E-state index is 9.55. The van der Waals surface area contributed by atoms with Crippen molar-refractivity contribution in [2.45, 2.75) is 6.42 Å². The average molecular weight is 186 g/mol. The molecule has 0 rings (SSSR count). The Kier molecular flexibility index (Phi) is 10.7. The van der Waals surface area contributed by atoms with Gasteiger partial charge in [-0.05, 0) is 0 Å². The fourth-order valence-corrected chi connectivity index (χ4v) is 0.207. The zero-order valence-corrected chi connectivity index (χ0v) is 6.80. The van der Waals surface area contributed by atoms with Gasteiger partial charge in [-0.2, -0.15) is 5.26 Å². The predicted molar refractivity (Wildman–Crippen MR) is 43.7 cm³/mol. The normalized spacial score (nSPS) is 8.31. The summed E-state index contributed by atoms with van der Waals surface area (Å²) in [6.07, 6.45) is 1.59. The van der Waals surface area contributed by atoms with Gasteiger partial charge in [-0.15, -0.1) is 0 Å². The van der Waals surface area contributed by atoms with E-state index in [0.29, 0.717) is 25.1 Å². The molecule has 0 aromatic rings. The lowest BCUT2D eigenvalue weighted by Gasteiger charge is -1.74. The van der Waals surface area contributed by atoms with Crippen LogP contribution in [0.2, 0.25) is 0 Å². The van der Waals surface area contributed by atoms with Gasteiger partial charge in [0.25, 0.3) is 0 Å². The lowest BCUT2D eigenvalue weighted by Crippen LogP contribution is -1.94. The maximum Gasteiger partial charge on any atom is 0.328 e. The Morgan fingerprint density at radius 2 is 1.69 bits per heavy atom. The fourth-order valence-electron chi connectivity index (χ4n) is 0.207. The molecule has 13 heavy (non-hydrogen) atoms. The zero-order valence-electron chi connectivity index (χ0n) is 6.80. The monoisotopic (exact) mass is 186 g/mol. The van der Waals surface area contributed by atoms with Crippen LogP contribution >= 0.6 is 0 Å². The van der Waals surface area contributed by atoms with E-state index in [-0.39, 0.29) is 0 Å². The molecule has 0 saturated heterocycles. The Hall–Kier alpha value is -1.87. The Balaban J connectivity index is 0. The van der Waals surface area contributed by atoms with E-state index in [9.17, 15) is 9.59 Å². The smallest absolute Gasteiger partial charge is 0.328 e. The van der Waals surface area contributed by atoms with Gasteiger partial charge in [-0.1, -0.05) is 0 Å². The molecule has 0 heterocycles. The van der Waals surface area contributed by atoms with Crippen LogP contribution in [0.25, 0.3) is 0 Å². The molecule has 72 valence electrons. The highest BCUT2D eigenvalue weighted by atomic mass is 16.4. The van der Waals surface area contributed by atoms with Gasteiger partial charge in [-0.25, -0.2) is 9.59 Å². The van der Waals surface area contributed by atoms with Crippen LogP contribution < -0.4 is 5.73 Å². The highest BCUT2D eigenvalue weighted by Gasteiger charge is 1.88. The maximum absolute atomic E-state index is 9.55. The minimum Gasteiger partial charge on any atom is -0.478 e. The van der Waals surface area contributed by atoms with Crippen LogP contribution in [0.3, 0.4) is 0 Å². The van der Waals surface area contributed by atoms with E-state index in [4.69, 9.17) is 21.2 Å². The molecule has 0 bridgehead atoms. The largest absolute Gasteiger partial charge is 0.478 e. The minimum absolute atomic E-state index is 0.472. The summed E-state index contributed by atoms with van der Waals surface area (Å²) in [6.45, 7) is 0.483. The molecule has 0 radical (unpaired) electrons. The topological polar surface area (TPSA) is 124 Å². The zero-order chi connectivity index (χ0) is 10.7. The van der Waals surface area contributed by atoms with E-state index in [1.165, 1.54) is 0 Å². The Labute approximate surface area is 74.9 Å². The van der Waals surface area contributed by atoms with E-state index in [2.05, 4.69) is 0 Å². The molecule has 6 nitrogen and oxygen atoms in total. The van der Waals surface area contributed by atoms with Crippen LogP contribution in [0.5, 0.6) is 0 Å². The van der Waals surface area contributed by atoms with Crippen LogP contribution in [0.1, 0.15) is 6.42 Å². The minimum atomic E-state index is -1.26. The van der Waals surface area contributed by atoms with Gasteiger partial charge in [-0.3, -0.25) is 0 Å². The van der Waals surface area contributed by atoms with Crippen molar-refractivity contribution in [3.8, 4) is 6.07 Å². The van der Waals surface area contributed by atoms with Crippen molar-refractivity contribution < 1.29 is 19.8 Å². The van der Waals surface area contributed by atoms with Crippen LogP contribution in [-0.2, 0) is 9.59 Å². The molecular weight excluding hydrogens is 176 g/mol. The first-order valence-corrected chi connectivity index (χ1v) is 3.25. The Morgan fingerprint density at radius 1 is 1.31 bits per heavy atom. The third-order valence-corrected chi connectivity index (χ3v) is 0.625. The number of aliphatic carboxylic acids is 2. The number of nitrogens with zero attached hydrogens (tertiary/aromatic N) is 1. The summed E-state index contributed by atoms with van der Waals surface area (Å²) in [5.41, 5.74) is 4.92. The van der Waals surface area contributed by atoms with Crippen molar-refractivity contribution in [1.29, 1.82) is 5.26 Å². The van der Waals surface area contributed by atoms with E-state index >= 15 is 0 Å². The van der Waals surface area contributed by atoms with Crippen molar-refractivity contribution in [1.82, 2.24) is 0 Å². The molecule has 0 aliphatic rings. The number of hydrogen-bond acceptors (Lipinski definition) is 4. The third-order valence-electron chi connectivity index (χ3n) is 0.625. The number of carbonyl (C=O) groups is 2. The molecule has 6 heteroatoms. The number of rotatable bonds is 3. The second kappa shape index (κ2) is 10.1. The van der Waals surface area contributed by atoms with Gasteiger partial charge in [0.2, 0.25) is 0 Å². The molecule has 0 unspecified atom stereocenters. The molecule has 0 aromatic carbocycles. The van der Waals surface area contributed by atoms with E-state index in [1.807, 2.05) is 6.07 Å². The summed E-state index contributed by atoms with van der Waals surface area (Å²) in [6, 6.07) is 1.89. The number of nitrogens with two attached hydrogens (primary N) is 1. The molecule has 0 saturated carbocycles. The molecule has 4 N–H and O–H groups in total. The number of carboxylic acid groups (broad SMARTS) is 2. The molecule has 0 aliphatic heterocycles. The lowest BCUT2D eigenvalue weighted by molar-refractivity contribution is -0.134. The van der Waals surface area contributed by atoms with Crippen molar-refractivity contribution >= 4 is 11.9 Å². The van der Waals surface area contributed by atoms with Crippen molar-refractivity contribution in [3.05, 3.63) is 12.2 Å². The summed E-state index contributed by atoms with van der Waals surface area (Å²) < 4.78 is 0. The fraction of sp³-hybridized carbons (Fsp3) is 0.286. The van der Waals surface area contributed by atoms with Gasteiger partial charge in [0, 0.05) is 25.1 Å². The number of carboxylic acids is 2. The number of hydrogen-bond donors (Lipinski definition) is 3. The van der Waals surface area contributed by atoms with Gasteiger partial charge in [0.05, 0.1) is 6.07 Å². The highest BCUT2D eigenvalue weighted by molar-refractivity contribution is 5.89. The van der Waals surface area contributed by atoms with Crippen molar-refractivity contribution in [3.63, 3.8) is 0 Å². The van der Waals surface area contributed by atoms with Gasteiger partial charge in [0.1, 0.15) is 0 Å². The first-order valence-electron chi connectivity index (χ1n) is 3.25. The molecule has 0 spiro atoms. The van der Waals surface area contributed by atoms with Crippen LogP contribution in [-0.4, -0.2) is 28.7 Å². The SMILES string of the molecule is N#CCCN.O=C(O)C=CC(=O)O. The third kappa shape index (κ3) is 25.4. The summed E-state index contributed by atoms with van der Waals surface area (Å²) in [5, 5.41) is 23.4. The van der Waals surface area contributed by atoms with E-state index in [1.54, 1.807) is 0 Å². The van der Waals surface area contributed by atoms with Crippen molar-refractivity contribution in [2.24, 2.45) is 5.73 Å². The van der Waals surface area contributed by atoms with Gasteiger partial charge in [0.15, 0.2) is 0 Å². The van der Waals surface area contributed by atoms with Crippen molar-refractivity contribution in [2.75, 3.05) is 6.54 Å². The Morgan fingerprint density at radius 3 is 1.77 bits per heavy atom. The van der Waals surface area contributed by atoms with Crippen LogP contribution in [0.4, 0.5) is 0 Å². The summed E-state index contributed by atoms with van der Waals surface area (Å²) >= 11 is 0. The average Bonchev–Trinajstić information content (AvgIpc) is 2.03. The summed E-state index contributed by atoms with van der Waals surface area (Å²) in [4.78, 5) is 19.1. The molecule has 0 aromatic heterocycles. The quantitative estimate of drug-likeness (QED) is 0.513. The van der Waals surface area contributed by atoms with Crippen LogP contribution in [0, 0.1) is 11.3 Å². The summed E-state index contributed by atoms with van der Waals surface area (Å²) in [7, 11) is 0. The molecule has 0 fully saturated rings. The molecule has 0 amide bonds. The van der Waals surface area contributed by atoms with E-state index in [0.717, 1.165) is 0 Å². The molecular formula is C7H10N2O4. The Bertz CT molecular complexity index is 213. The standard InChI is InChI=1S/C4H4O4.C3H6N2/c5-3(6)1-2-4(7)8;4-2-1-3-5/h1-2H,(H,5,6)(H,7,8);1-2,4H2. The van der Waals surface area contributed by atoms with Crippen LogP contribution in [0.15, 0.2) is 12.2 Å². The second-order valence-electron chi connectivity index (χ2n) is 1.71. The summed E-state index contributed by atoms with van der Waals surface area (Å²) in [5.74, 6) is -2.51. The molecule has 0 atom stereocenters. The molecule has 0 aliphatic carbocycles. The lowest BCUT2D eigenvalue weighted by atomic mass is 10.5. The second-order valence-corrected chi connectivity index (χ2v) is 1.71. The first kappa shape index (κ1) is 13.7. The predicted octanol–water partition coefficient (Wildman–Crippen LogP) is -0.429. The highest BCUT2D eigenvalue weighted by Crippen LogP contribution is 1.70.